The predicted molar refractivity (Wildman–Crippen MR) is 78.9 cm³/mol. The highest BCUT2D eigenvalue weighted by atomic mass is 79.9. The van der Waals surface area contributed by atoms with E-state index in [-0.39, 0.29) is 23.9 Å². The summed E-state index contributed by atoms with van der Waals surface area (Å²) in [6.45, 7) is 3.05. The molecule has 1 aromatic carbocycles. The number of hydrogen-bond donors (Lipinski definition) is 0. The van der Waals surface area contributed by atoms with E-state index in [1.165, 1.54) is 0 Å². The maximum Gasteiger partial charge on any atom is 0.246 e. The van der Waals surface area contributed by atoms with E-state index < -0.39 is 0 Å². The van der Waals surface area contributed by atoms with Crippen molar-refractivity contribution in [2.45, 2.75) is 38.4 Å². The van der Waals surface area contributed by atoms with Crippen molar-refractivity contribution < 1.29 is 9.59 Å². The fourth-order valence-corrected chi connectivity index (χ4v) is 3.54. The van der Waals surface area contributed by atoms with Crippen LogP contribution in [0.4, 0.5) is 0 Å². The molecule has 20 heavy (non-hydrogen) atoms. The molecule has 2 fully saturated rings. The fourth-order valence-electron chi connectivity index (χ4n) is 3.09. The predicted octanol–water partition coefficient (Wildman–Crippen LogP) is 2.17. The Bertz CT molecular complexity index is 561. The minimum atomic E-state index is -0.365. The van der Waals surface area contributed by atoms with Crippen LogP contribution in [-0.2, 0) is 16.1 Å². The summed E-state index contributed by atoms with van der Waals surface area (Å²) in [4.78, 5) is 28.4. The zero-order valence-electron chi connectivity index (χ0n) is 11.4. The first-order valence-corrected chi connectivity index (χ1v) is 7.72. The quantitative estimate of drug-likeness (QED) is 0.830. The molecule has 2 aliphatic rings. The van der Waals surface area contributed by atoms with Crippen LogP contribution in [0.5, 0.6) is 0 Å². The molecule has 0 aromatic heterocycles. The van der Waals surface area contributed by atoms with E-state index in [9.17, 15) is 9.59 Å². The lowest BCUT2D eigenvalue weighted by Gasteiger charge is -2.41. The molecule has 4 nitrogen and oxygen atoms in total. The van der Waals surface area contributed by atoms with Crippen molar-refractivity contribution in [3.05, 3.63) is 34.3 Å². The highest BCUT2D eigenvalue weighted by molar-refractivity contribution is 9.10. The maximum absolute atomic E-state index is 12.6. The van der Waals surface area contributed by atoms with E-state index in [0.717, 1.165) is 29.4 Å². The monoisotopic (exact) mass is 336 g/mol. The summed E-state index contributed by atoms with van der Waals surface area (Å²) >= 11 is 3.44. The molecule has 0 aliphatic carbocycles. The molecule has 2 saturated heterocycles. The summed E-state index contributed by atoms with van der Waals surface area (Å²) in [7, 11) is 0. The van der Waals surface area contributed by atoms with Gasteiger partial charge in [0.25, 0.3) is 0 Å². The molecule has 106 valence electrons. The van der Waals surface area contributed by atoms with Gasteiger partial charge in [-0.15, -0.1) is 0 Å². The van der Waals surface area contributed by atoms with Gasteiger partial charge in [-0.1, -0.05) is 28.1 Å². The van der Waals surface area contributed by atoms with Crippen LogP contribution in [0.15, 0.2) is 28.7 Å². The second-order valence-electron chi connectivity index (χ2n) is 5.46. The Labute approximate surface area is 126 Å². The number of halogens is 1. The van der Waals surface area contributed by atoms with E-state index in [1.54, 1.807) is 9.80 Å². The Morgan fingerprint density at radius 2 is 2.10 bits per heavy atom. The van der Waals surface area contributed by atoms with Crippen LogP contribution in [0, 0.1) is 0 Å². The van der Waals surface area contributed by atoms with Gasteiger partial charge in [-0.3, -0.25) is 9.59 Å². The largest absolute Gasteiger partial charge is 0.329 e. The lowest BCUT2D eigenvalue weighted by Crippen LogP contribution is -2.61. The van der Waals surface area contributed by atoms with Crippen LogP contribution >= 0.6 is 15.9 Å². The number of fused-ring (bicyclic) bond motifs is 1. The summed E-state index contributed by atoms with van der Waals surface area (Å²) < 4.78 is 0.987. The summed E-state index contributed by atoms with van der Waals surface area (Å²) in [5, 5.41) is 0. The minimum absolute atomic E-state index is 0.0853. The first-order valence-electron chi connectivity index (χ1n) is 6.93. The van der Waals surface area contributed by atoms with Crippen LogP contribution < -0.4 is 0 Å². The summed E-state index contributed by atoms with van der Waals surface area (Å²) in [6, 6.07) is 7.28. The zero-order chi connectivity index (χ0) is 14.3. The third-order valence-electron chi connectivity index (χ3n) is 4.17. The van der Waals surface area contributed by atoms with Gasteiger partial charge in [-0.25, -0.2) is 0 Å². The van der Waals surface area contributed by atoms with Gasteiger partial charge < -0.3 is 9.80 Å². The topological polar surface area (TPSA) is 40.6 Å². The van der Waals surface area contributed by atoms with Gasteiger partial charge in [0, 0.05) is 17.6 Å². The number of piperazine rings is 1. The molecular weight excluding hydrogens is 320 g/mol. The smallest absolute Gasteiger partial charge is 0.246 e. The average Bonchev–Trinajstić information content (AvgIpc) is 2.91. The van der Waals surface area contributed by atoms with Crippen molar-refractivity contribution in [2.24, 2.45) is 0 Å². The third kappa shape index (κ3) is 2.24. The molecular formula is C15H17BrN2O2. The molecule has 2 heterocycles. The van der Waals surface area contributed by atoms with E-state index in [0.29, 0.717) is 6.54 Å². The van der Waals surface area contributed by atoms with Gasteiger partial charge in [-0.2, -0.15) is 0 Å². The van der Waals surface area contributed by atoms with Crippen molar-refractivity contribution in [1.82, 2.24) is 9.80 Å². The third-order valence-corrected chi connectivity index (χ3v) is 4.66. The van der Waals surface area contributed by atoms with Crippen LogP contribution in [0.3, 0.4) is 0 Å². The first-order chi connectivity index (χ1) is 9.58. The number of rotatable bonds is 2. The molecule has 2 unspecified atom stereocenters. The van der Waals surface area contributed by atoms with Gasteiger partial charge in [0.05, 0.1) is 0 Å². The highest BCUT2D eigenvalue weighted by Gasteiger charge is 2.45. The molecule has 0 N–H and O–H groups in total. The Morgan fingerprint density at radius 3 is 2.85 bits per heavy atom. The normalized spacial score (nSPS) is 26.1. The second-order valence-corrected chi connectivity index (χ2v) is 6.38. The SMILES string of the molecule is CC1C(=O)N2CCCC2C(=O)N1Cc1cccc(Br)c1. The lowest BCUT2D eigenvalue weighted by molar-refractivity contribution is -0.159. The Balaban J connectivity index is 1.84. The van der Waals surface area contributed by atoms with Gasteiger partial charge >= 0.3 is 0 Å². The van der Waals surface area contributed by atoms with Crippen molar-refractivity contribution in [2.75, 3.05) is 6.54 Å². The molecule has 3 rings (SSSR count). The number of nitrogens with zero attached hydrogens (tertiary/aromatic N) is 2. The number of carbonyl (C=O) groups is 2. The van der Waals surface area contributed by atoms with Gasteiger partial charge in [0.15, 0.2) is 0 Å². The first kappa shape index (κ1) is 13.6. The van der Waals surface area contributed by atoms with Gasteiger partial charge in [0.2, 0.25) is 11.8 Å². The molecule has 0 bridgehead atoms. The van der Waals surface area contributed by atoms with Crippen LogP contribution in [0.1, 0.15) is 25.3 Å². The molecule has 0 saturated carbocycles. The zero-order valence-corrected chi connectivity index (χ0v) is 13.0. The van der Waals surface area contributed by atoms with Gasteiger partial charge in [0.1, 0.15) is 12.1 Å². The summed E-state index contributed by atoms with van der Waals surface area (Å²) in [6.07, 6.45) is 1.73. The maximum atomic E-state index is 12.6. The average molecular weight is 337 g/mol. The second kappa shape index (κ2) is 5.20. The molecule has 0 spiro atoms. The summed E-state index contributed by atoms with van der Waals surface area (Å²) in [5.41, 5.74) is 1.04. The Morgan fingerprint density at radius 1 is 1.30 bits per heavy atom. The molecule has 5 heteroatoms. The van der Waals surface area contributed by atoms with E-state index in [2.05, 4.69) is 15.9 Å². The number of hydrogen-bond acceptors (Lipinski definition) is 2. The molecule has 1 aromatic rings. The van der Waals surface area contributed by atoms with Crippen LogP contribution in [0.25, 0.3) is 0 Å². The van der Waals surface area contributed by atoms with Crippen molar-refractivity contribution in [3.63, 3.8) is 0 Å². The van der Waals surface area contributed by atoms with E-state index in [4.69, 9.17) is 0 Å². The fraction of sp³-hybridized carbons (Fsp3) is 0.467. The number of carbonyl (C=O) groups excluding carboxylic acids is 2. The minimum Gasteiger partial charge on any atom is -0.329 e. The highest BCUT2D eigenvalue weighted by Crippen LogP contribution is 2.28. The summed E-state index contributed by atoms with van der Waals surface area (Å²) in [5.74, 6) is 0.177. The van der Waals surface area contributed by atoms with Crippen molar-refractivity contribution in [1.29, 1.82) is 0 Å². The van der Waals surface area contributed by atoms with Gasteiger partial charge in [-0.05, 0) is 37.5 Å². The molecule has 2 aliphatic heterocycles. The number of amides is 2. The van der Waals surface area contributed by atoms with Crippen molar-refractivity contribution in [3.8, 4) is 0 Å². The van der Waals surface area contributed by atoms with Crippen molar-refractivity contribution >= 4 is 27.7 Å². The van der Waals surface area contributed by atoms with E-state index >= 15 is 0 Å². The van der Waals surface area contributed by atoms with E-state index in [1.807, 2.05) is 31.2 Å². The lowest BCUT2D eigenvalue weighted by atomic mass is 10.0. The Hall–Kier alpha value is -1.36. The molecule has 2 amide bonds. The standard InChI is InChI=1S/C15H17BrN2O2/c1-10-14(19)17-7-3-6-13(17)15(20)18(10)9-11-4-2-5-12(16)8-11/h2,4-5,8,10,13H,3,6-7,9H2,1H3. The van der Waals surface area contributed by atoms with Crippen LogP contribution in [0.2, 0.25) is 0 Å². The molecule has 2 atom stereocenters. The molecule has 0 radical (unpaired) electrons. The Kier molecular flexibility index (Phi) is 3.54. The van der Waals surface area contributed by atoms with Crippen LogP contribution in [-0.4, -0.2) is 40.2 Å². The number of benzene rings is 1.